The summed E-state index contributed by atoms with van der Waals surface area (Å²) < 4.78 is 30.0. The maximum Gasteiger partial charge on any atom is 0.252 e. The van der Waals surface area contributed by atoms with Crippen molar-refractivity contribution in [1.82, 2.24) is 4.31 Å². The number of para-hydroxylation sites is 1. The Labute approximate surface area is 196 Å². The fraction of sp³-hybridized carbons (Fsp3) is 0.462. The van der Waals surface area contributed by atoms with E-state index in [1.807, 2.05) is 39.8 Å². The minimum atomic E-state index is -4.02. The maximum atomic E-state index is 14.3. The van der Waals surface area contributed by atoms with E-state index in [1.165, 1.54) is 4.31 Å². The number of benzene rings is 2. The van der Waals surface area contributed by atoms with Crippen molar-refractivity contribution in [3.8, 4) is 0 Å². The van der Waals surface area contributed by atoms with E-state index < -0.39 is 22.0 Å². The van der Waals surface area contributed by atoms with Gasteiger partial charge in [0.25, 0.3) is 5.91 Å². The lowest BCUT2D eigenvalue weighted by atomic mass is 9.94. The molecule has 7 heteroatoms. The molecule has 2 aromatic rings. The summed E-state index contributed by atoms with van der Waals surface area (Å²) >= 11 is 0. The van der Waals surface area contributed by atoms with Gasteiger partial charge in [-0.3, -0.25) is 9.59 Å². The number of carbonyl (C=O) groups excluding carboxylic acids is 2. The van der Waals surface area contributed by atoms with Gasteiger partial charge in [0.1, 0.15) is 6.04 Å². The molecule has 4 rings (SSSR count). The third-order valence-corrected chi connectivity index (χ3v) is 9.45. The molecule has 2 aliphatic rings. The molecule has 176 valence electrons. The molecule has 0 bridgehead atoms. The van der Waals surface area contributed by atoms with Crippen molar-refractivity contribution in [3.05, 3.63) is 58.7 Å². The fourth-order valence-electron chi connectivity index (χ4n) is 5.29. The Hall–Kier alpha value is -2.51. The number of imide groups is 1. The number of amides is 2. The van der Waals surface area contributed by atoms with Crippen molar-refractivity contribution >= 4 is 27.5 Å². The standard InChI is InChI=1S/C26H32N2O4S/c1-17-15-18(2)20(4)25(19(17)3)33(31,32)28(22-13-9-6-10-14-22)23-16-24(29)27(26(23)30)21-11-7-5-8-12-21/h5,7-8,11-12,15,22-23H,6,9-10,13-14,16H2,1-4H3. The van der Waals surface area contributed by atoms with Gasteiger partial charge < -0.3 is 0 Å². The van der Waals surface area contributed by atoms with E-state index in [-0.39, 0.29) is 23.3 Å². The zero-order chi connectivity index (χ0) is 23.9. The number of nitrogens with zero attached hydrogens (tertiary/aromatic N) is 2. The number of hydrogen-bond acceptors (Lipinski definition) is 4. The predicted molar refractivity (Wildman–Crippen MR) is 129 cm³/mol. The quantitative estimate of drug-likeness (QED) is 0.602. The van der Waals surface area contributed by atoms with Gasteiger partial charge in [-0.05, 0) is 74.9 Å². The molecule has 0 N–H and O–H groups in total. The van der Waals surface area contributed by atoms with Crippen molar-refractivity contribution in [3.63, 3.8) is 0 Å². The van der Waals surface area contributed by atoms with Gasteiger partial charge in [-0.15, -0.1) is 0 Å². The molecular weight excluding hydrogens is 436 g/mol. The average Bonchev–Trinajstić information content (AvgIpc) is 3.07. The van der Waals surface area contributed by atoms with Crippen LogP contribution in [0, 0.1) is 27.7 Å². The summed E-state index contributed by atoms with van der Waals surface area (Å²) in [7, 11) is -4.02. The number of rotatable bonds is 5. The van der Waals surface area contributed by atoms with Crippen LogP contribution in [0.1, 0.15) is 60.8 Å². The highest BCUT2D eigenvalue weighted by Crippen LogP contribution is 2.37. The summed E-state index contributed by atoms with van der Waals surface area (Å²) in [6.07, 6.45) is 4.15. The number of hydrogen-bond donors (Lipinski definition) is 0. The molecular formula is C26H32N2O4S. The van der Waals surface area contributed by atoms with E-state index in [1.54, 1.807) is 24.3 Å². The monoisotopic (exact) mass is 468 g/mol. The zero-order valence-electron chi connectivity index (χ0n) is 19.8. The molecule has 2 fully saturated rings. The highest BCUT2D eigenvalue weighted by molar-refractivity contribution is 7.89. The van der Waals surface area contributed by atoms with Crippen LogP contribution in [0.5, 0.6) is 0 Å². The summed E-state index contributed by atoms with van der Waals surface area (Å²) in [6, 6.07) is 9.44. The molecule has 1 aliphatic carbocycles. The molecule has 1 atom stereocenters. The van der Waals surface area contributed by atoms with Crippen LogP contribution in [0.2, 0.25) is 0 Å². The molecule has 33 heavy (non-hydrogen) atoms. The first-order valence-electron chi connectivity index (χ1n) is 11.7. The number of aryl methyl sites for hydroxylation is 2. The van der Waals surface area contributed by atoms with Crippen molar-refractivity contribution in [1.29, 1.82) is 0 Å². The lowest BCUT2D eigenvalue weighted by molar-refractivity contribution is -0.122. The normalized spacial score (nSPS) is 20.2. The Morgan fingerprint density at radius 2 is 1.45 bits per heavy atom. The first kappa shape index (κ1) is 23.6. The van der Waals surface area contributed by atoms with Gasteiger partial charge in [0, 0.05) is 6.04 Å². The van der Waals surface area contributed by atoms with Crippen LogP contribution in [-0.4, -0.2) is 36.6 Å². The predicted octanol–water partition coefficient (Wildman–Crippen LogP) is 4.58. The molecule has 0 spiro atoms. The second kappa shape index (κ2) is 9.03. The lowest BCUT2D eigenvalue weighted by Gasteiger charge is -2.37. The van der Waals surface area contributed by atoms with Gasteiger partial charge in [-0.1, -0.05) is 43.5 Å². The fourth-order valence-corrected chi connectivity index (χ4v) is 7.70. The molecule has 2 aromatic carbocycles. The minimum absolute atomic E-state index is 0.133. The van der Waals surface area contributed by atoms with Crippen LogP contribution in [0.3, 0.4) is 0 Å². The maximum absolute atomic E-state index is 14.3. The topological polar surface area (TPSA) is 74.8 Å². The number of sulfonamides is 1. The lowest BCUT2D eigenvalue weighted by Crippen LogP contribution is -2.51. The zero-order valence-corrected chi connectivity index (χ0v) is 20.6. The van der Waals surface area contributed by atoms with Crippen molar-refractivity contribution < 1.29 is 18.0 Å². The van der Waals surface area contributed by atoms with Crippen LogP contribution >= 0.6 is 0 Å². The van der Waals surface area contributed by atoms with E-state index in [9.17, 15) is 18.0 Å². The van der Waals surface area contributed by atoms with Gasteiger partial charge in [-0.2, -0.15) is 4.31 Å². The van der Waals surface area contributed by atoms with E-state index >= 15 is 0 Å². The van der Waals surface area contributed by atoms with E-state index in [2.05, 4.69) is 0 Å². The Morgan fingerprint density at radius 1 is 0.879 bits per heavy atom. The van der Waals surface area contributed by atoms with Gasteiger partial charge in [0.2, 0.25) is 15.9 Å². The van der Waals surface area contributed by atoms with Crippen LogP contribution in [-0.2, 0) is 19.6 Å². The van der Waals surface area contributed by atoms with Crippen molar-refractivity contribution in [2.75, 3.05) is 4.90 Å². The molecule has 2 amide bonds. The smallest absolute Gasteiger partial charge is 0.252 e. The molecule has 1 heterocycles. The van der Waals surface area contributed by atoms with Crippen LogP contribution in [0.4, 0.5) is 5.69 Å². The van der Waals surface area contributed by atoms with Crippen molar-refractivity contribution in [2.24, 2.45) is 0 Å². The molecule has 0 radical (unpaired) electrons. The van der Waals surface area contributed by atoms with Gasteiger partial charge >= 0.3 is 0 Å². The largest absolute Gasteiger partial charge is 0.274 e. The first-order chi connectivity index (χ1) is 15.6. The minimum Gasteiger partial charge on any atom is -0.274 e. The molecule has 1 aliphatic heterocycles. The van der Waals surface area contributed by atoms with E-state index in [0.717, 1.165) is 35.3 Å². The Kier molecular flexibility index (Phi) is 6.47. The molecule has 1 unspecified atom stereocenters. The highest BCUT2D eigenvalue weighted by atomic mass is 32.2. The van der Waals surface area contributed by atoms with Gasteiger partial charge in [-0.25, -0.2) is 13.3 Å². The molecule has 0 aromatic heterocycles. The summed E-state index contributed by atoms with van der Waals surface area (Å²) in [5, 5.41) is 0. The SMILES string of the molecule is Cc1cc(C)c(C)c(S(=O)(=O)N(C2CCCCC2)C2CC(=O)N(c3ccccc3)C2=O)c1C. The van der Waals surface area contributed by atoms with Crippen LogP contribution < -0.4 is 4.90 Å². The summed E-state index contributed by atoms with van der Waals surface area (Å²) in [5.41, 5.74) is 3.70. The molecule has 6 nitrogen and oxygen atoms in total. The van der Waals surface area contributed by atoms with Gasteiger partial charge in [0.15, 0.2) is 0 Å². The van der Waals surface area contributed by atoms with Crippen LogP contribution in [0.15, 0.2) is 41.3 Å². The summed E-state index contributed by atoms with van der Waals surface area (Å²) in [6.45, 7) is 7.47. The third-order valence-electron chi connectivity index (χ3n) is 7.21. The number of carbonyl (C=O) groups is 2. The Bertz CT molecular complexity index is 1160. The first-order valence-corrected chi connectivity index (χ1v) is 13.1. The van der Waals surface area contributed by atoms with E-state index in [0.29, 0.717) is 29.7 Å². The van der Waals surface area contributed by atoms with E-state index in [4.69, 9.17) is 0 Å². The van der Waals surface area contributed by atoms with Crippen LogP contribution in [0.25, 0.3) is 0 Å². The van der Waals surface area contributed by atoms with Crippen molar-refractivity contribution in [2.45, 2.75) is 83.2 Å². The third kappa shape index (κ3) is 4.13. The summed E-state index contributed by atoms with van der Waals surface area (Å²) in [4.78, 5) is 28.0. The summed E-state index contributed by atoms with van der Waals surface area (Å²) in [5.74, 6) is -0.818. The number of anilines is 1. The Balaban J connectivity index is 1.84. The van der Waals surface area contributed by atoms with Gasteiger partial charge in [0.05, 0.1) is 17.0 Å². The molecule has 1 saturated carbocycles. The second-order valence-electron chi connectivity index (χ2n) is 9.34. The average molecular weight is 469 g/mol. The molecule has 1 saturated heterocycles. The highest BCUT2D eigenvalue weighted by Gasteiger charge is 2.50. The second-order valence-corrected chi connectivity index (χ2v) is 11.1. The Morgan fingerprint density at radius 3 is 2.03 bits per heavy atom.